The molecule has 0 spiro atoms. The van der Waals surface area contributed by atoms with Gasteiger partial charge < -0.3 is 5.11 Å². The summed E-state index contributed by atoms with van der Waals surface area (Å²) in [4.78, 5) is 0. The maximum absolute atomic E-state index is 12.8. The first-order valence-electron chi connectivity index (χ1n) is 5.73. The molecule has 1 N–H and O–H groups in total. The van der Waals surface area contributed by atoms with Gasteiger partial charge in [0.2, 0.25) is 0 Å². The van der Waals surface area contributed by atoms with E-state index < -0.39 is 17.3 Å². The fraction of sp³-hybridized carbons (Fsp3) is 0.231. The fourth-order valence-corrected chi connectivity index (χ4v) is 1.76. The van der Waals surface area contributed by atoms with Crippen LogP contribution in [0.15, 0.2) is 30.5 Å². The minimum absolute atomic E-state index is 0.0851. The normalized spacial score (nSPS) is 11.3. The largest absolute Gasteiger partial charge is 0.417 e. The lowest BCUT2D eigenvalue weighted by molar-refractivity contribution is -0.137. The van der Waals surface area contributed by atoms with Crippen molar-refractivity contribution < 1.29 is 18.3 Å². The summed E-state index contributed by atoms with van der Waals surface area (Å²) >= 11 is 0. The zero-order valence-electron chi connectivity index (χ0n) is 10.2. The SMILES string of the molecule is N#Cc1ccc(-n2ccc(CCO)n2)cc1C(F)(F)F. The molecule has 1 aromatic carbocycles. The number of benzene rings is 1. The van der Waals surface area contributed by atoms with Gasteiger partial charge in [0, 0.05) is 19.2 Å². The Morgan fingerprint density at radius 3 is 2.65 bits per heavy atom. The number of halogens is 3. The molecule has 4 nitrogen and oxygen atoms in total. The average Bonchev–Trinajstić information content (AvgIpc) is 2.86. The van der Waals surface area contributed by atoms with Gasteiger partial charge in [-0.1, -0.05) is 0 Å². The van der Waals surface area contributed by atoms with E-state index in [-0.39, 0.29) is 12.3 Å². The monoisotopic (exact) mass is 281 g/mol. The van der Waals surface area contributed by atoms with E-state index in [1.807, 2.05) is 0 Å². The number of aromatic nitrogens is 2. The molecule has 1 aromatic heterocycles. The quantitative estimate of drug-likeness (QED) is 0.939. The number of nitriles is 1. The van der Waals surface area contributed by atoms with E-state index in [9.17, 15) is 13.2 Å². The van der Waals surface area contributed by atoms with Gasteiger partial charge in [-0.2, -0.15) is 23.5 Å². The number of hydrogen-bond donors (Lipinski definition) is 1. The fourth-order valence-electron chi connectivity index (χ4n) is 1.76. The van der Waals surface area contributed by atoms with Crippen LogP contribution < -0.4 is 0 Å². The summed E-state index contributed by atoms with van der Waals surface area (Å²) in [6, 6.07) is 6.53. The van der Waals surface area contributed by atoms with Crippen molar-refractivity contribution in [2.75, 3.05) is 6.61 Å². The van der Waals surface area contributed by atoms with Crippen LogP contribution in [-0.2, 0) is 12.6 Å². The summed E-state index contributed by atoms with van der Waals surface area (Å²) in [7, 11) is 0. The highest BCUT2D eigenvalue weighted by Crippen LogP contribution is 2.33. The Balaban J connectivity index is 2.45. The van der Waals surface area contributed by atoms with Crippen molar-refractivity contribution in [3.63, 3.8) is 0 Å². The molecule has 0 bridgehead atoms. The molecular weight excluding hydrogens is 271 g/mol. The Labute approximate surface area is 112 Å². The zero-order chi connectivity index (χ0) is 14.8. The molecule has 0 aliphatic heterocycles. The van der Waals surface area contributed by atoms with Crippen molar-refractivity contribution in [3.05, 3.63) is 47.3 Å². The molecule has 0 radical (unpaired) electrons. The third kappa shape index (κ3) is 2.81. The van der Waals surface area contributed by atoms with E-state index in [2.05, 4.69) is 5.10 Å². The van der Waals surface area contributed by atoms with Crippen LogP contribution in [0.5, 0.6) is 0 Å². The van der Waals surface area contributed by atoms with Gasteiger partial charge >= 0.3 is 6.18 Å². The molecule has 0 aliphatic carbocycles. The Kier molecular flexibility index (Phi) is 3.77. The molecule has 1 heterocycles. The molecule has 2 rings (SSSR count). The summed E-state index contributed by atoms with van der Waals surface area (Å²) in [6.07, 6.45) is -2.76. The summed E-state index contributed by atoms with van der Waals surface area (Å²) in [6.45, 7) is -0.0851. The van der Waals surface area contributed by atoms with Crippen LogP contribution >= 0.6 is 0 Å². The van der Waals surface area contributed by atoms with E-state index >= 15 is 0 Å². The van der Waals surface area contributed by atoms with Gasteiger partial charge in [0.05, 0.1) is 28.6 Å². The lowest BCUT2D eigenvalue weighted by atomic mass is 10.1. The van der Waals surface area contributed by atoms with E-state index in [1.54, 1.807) is 6.07 Å². The highest BCUT2D eigenvalue weighted by Gasteiger charge is 2.34. The van der Waals surface area contributed by atoms with Crippen molar-refractivity contribution in [1.29, 1.82) is 5.26 Å². The molecule has 104 valence electrons. The predicted molar refractivity (Wildman–Crippen MR) is 64.1 cm³/mol. The maximum Gasteiger partial charge on any atom is 0.417 e. The molecule has 0 aliphatic rings. The molecule has 20 heavy (non-hydrogen) atoms. The van der Waals surface area contributed by atoms with Crippen molar-refractivity contribution in [3.8, 4) is 11.8 Å². The maximum atomic E-state index is 12.8. The average molecular weight is 281 g/mol. The molecule has 0 saturated heterocycles. The Morgan fingerprint density at radius 2 is 2.05 bits per heavy atom. The first kappa shape index (κ1) is 14.1. The summed E-state index contributed by atoms with van der Waals surface area (Å²) in [5.41, 5.74) is -0.633. The van der Waals surface area contributed by atoms with Crippen LogP contribution in [0.3, 0.4) is 0 Å². The second-order valence-electron chi connectivity index (χ2n) is 4.06. The highest BCUT2D eigenvalue weighted by atomic mass is 19.4. The van der Waals surface area contributed by atoms with Gasteiger partial charge in [-0.15, -0.1) is 0 Å². The van der Waals surface area contributed by atoms with Gasteiger partial charge in [-0.3, -0.25) is 0 Å². The molecule has 7 heteroatoms. The number of nitrogens with zero attached hydrogens (tertiary/aromatic N) is 3. The smallest absolute Gasteiger partial charge is 0.396 e. The van der Waals surface area contributed by atoms with Crippen LogP contribution in [0.2, 0.25) is 0 Å². The third-order valence-electron chi connectivity index (χ3n) is 2.71. The zero-order valence-corrected chi connectivity index (χ0v) is 10.2. The van der Waals surface area contributed by atoms with Gasteiger partial charge in [-0.05, 0) is 24.3 Å². The molecule has 0 saturated carbocycles. The molecule has 0 amide bonds. The van der Waals surface area contributed by atoms with Gasteiger partial charge in [0.1, 0.15) is 0 Å². The Morgan fingerprint density at radius 1 is 1.30 bits per heavy atom. The number of aliphatic hydroxyl groups excluding tert-OH is 1. The van der Waals surface area contributed by atoms with Crippen molar-refractivity contribution in [2.45, 2.75) is 12.6 Å². The minimum Gasteiger partial charge on any atom is -0.396 e. The summed E-state index contributed by atoms with van der Waals surface area (Å²) in [5.74, 6) is 0. The Hall–Kier alpha value is -2.33. The first-order valence-corrected chi connectivity index (χ1v) is 5.73. The molecular formula is C13H10F3N3O. The van der Waals surface area contributed by atoms with Gasteiger partial charge in [0.25, 0.3) is 0 Å². The number of hydrogen-bond acceptors (Lipinski definition) is 3. The van der Waals surface area contributed by atoms with Crippen molar-refractivity contribution >= 4 is 0 Å². The van der Waals surface area contributed by atoms with E-state index in [1.165, 1.54) is 23.0 Å². The van der Waals surface area contributed by atoms with Crippen LogP contribution in [0.25, 0.3) is 5.69 Å². The summed E-state index contributed by atoms with van der Waals surface area (Å²) < 4.78 is 39.8. The Bertz CT molecular complexity index is 656. The number of aliphatic hydroxyl groups is 1. The second kappa shape index (κ2) is 5.35. The molecule has 0 fully saturated rings. The number of rotatable bonds is 3. The summed E-state index contributed by atoms with van der Waals surface area (Å²) in [5, 5.41) is 21.6. The van der Waals surface area contributed by atoms with Crippen molar-refractivity contribution in [2.24, 2.45) is 0 Å². The van der Waals surface area contributed by atoms with Crippen LogP contribution in [0, 0.1) is 11.3 Å². The molecule has 2 aromatic rings. The molecule has 0 atom stereocenters. The predicted octanol–water partition coefficient (Wildman–Crippen LogP) is 2.30. The third-order valence-corrected chi connectivity index (χ3v) is 2.71. The molecule has 0 unspecified atom stereocenters. The first-order chi connectivity index (χ1) is 9.45. The topological polar surface area (TPSA) is 61.8 Å². The van der Waals surface area contributed by atoms with Gasteiger partial charge in [0.15, 0.2) is 0 Å². The van der Waals surface area contributed by atoms with E-state index in [0.717, 1.165) is 12.1 Å². The minimum atomic E-state index is -4.60. The van der Waals surface area contributed by atoms with E-state index in [0.29, 0.717) is 12.1 Å². The standard InChI is InChI=1S/C13H10F3N3O/c14-13(15,16)12-7-11(2-1-9(12)8-17)19-5-3-10(18-19)4-6-20/h1-3,5,7,20H,4,6H2. The van der Waals surface area contributed by atoms with Crippen LogP contribution in [0.4, 0.5) is 13.2 Å². The lowest BCUT2D eigenvalue weighted by Crippen LogP contribution is -2.09. The van der Waals surface area contributed by atoms with E-state index in [4.69, 9.17) is 10.4 Å². The lowest BCUT2D eigenvalue weighted by Gasteiger charge is -2.10. The van der Waals surface area contributed by atoms with Crippen molar-refractivity contribution in [1.82, 2.24) is 9.78 Å². The van der Waals surface area contributed by atoms with Crippen LogP contribution in [-0.4, -0.2) is 21.5 Å². The van der Waals surface area contributed by atoms with Gasteiger partial charge in [-0.25, -0.2) is 4.68 Å². The highest BCUT2D eigenvalue weighted by molar-refractivity contribution is 5.47. The second-order valence-corrected chi connectivity index (χ2v) is 4.06. The number of alkyl halides is 3. The van der Waals surface area contributed by atoms with Crippen LogP contribution in [0.1, 0.15) is 16.8 Å².